The first kappa shape index (κ1) is 16.3. The van der Waals surface area contributed by atoms with Crippen molar-refractivity contribution in [2.75, 3.05) is 6.54 Å². The third-order valence-electron chi connectivity index (χ3n) is 4.54. The summed E-state index contributed by atoms with van der Waals surface area (Å²) in [5.74, 6) is 1.32. The minimum absolute atomic E-state index is 0.0734. The van der Waals surface area contributed by atoms with Crippen LogP contribution >= 0.6 is 0 Å². The Morgan fingerprint density at radius 1 is 1.23 bits per heavy atom. The average molecular weight is 348 g/mol. The summed E-state index contributed by atoms with van der Waals surface area (Å²) in [6.45, 7) is 1.23. The van der Waals surface area contributed by atoms with Crippen molar-refractivity contribution in [2.45, 2.75) is 25.4 Å². The fraction of sp³-hybridized carbons (Fsp3) is 0.263. The van der Waals surface area contributed by atoms with Crippen molar-refractivity contribution in [2.24, 2.45) is 0 Å². The SMILES string of the molecule is O=C(NCc1ccccc1)N1CCC[C@H]1c1nc(-c2cccnc2)n[nH]1. The molecule has 1 aromatic carbocycles. The lowest BCUT2D eigenvalue weighted by Crippen LogP contribution is -2.39. The first-order valence-electron chi connectivity index (χ1n) is 8.72. The molecule has 1 aliphatic heterocycles. The number of aromatic amines is 1. The molecule has 1 atom stereocenters. The lowest BCUT2D eigenvalue weighted by atomic mass is 10.2. The maximum absolute atomic E-state index is 12.6. The van der Waals surface area contributed by atoms with Gasteiger partial charge in [-0.1, -0.05) is 30.3 Å². The van der Waals surface area contributed by atoms with Crippen molar-refractivity contribution in [3.05, 3.63) is 66.2 Å². The van der Waals surface area contributed by atoms with Gasteiger partial charge in [0.25, 0.3) is 0 Å². The number of pyridine rings is 1. The number of benzene rings is 1. The summed E-state index contributed by atoms with van der Waals surface area (Å²) in [7, 11) is 0. The molecule has 0 bridgehead atoms. The van der Waals surface area contributed by atoms with Gasteiger partial charge in [-0.05, 0) is 30.5 Å². The molecule has 7 heteroatoms. The van der Waals surface area contributed by atoms with Gasteiger partial charge in [0.1, 0.15) is 5.82 Å². The third-order valence-corrected chi connectivity index (χ3v) is 4.54. The molecule has 1 saturated heterocycles. The lowest BCUT2D eigenvalue weighted by molar-refractivity contribution is 0.190. The van der Waals surface area contributed by atoms with Crippen LogP contribution in [0.25, 0.3) is 11.4 Å². The van der Waals surface area contributed by atoms with Gasteiger partial charge in [-0.25, -0.2) is 9.78 Å². The predicted octanol–water partition coefficient (Wildman–Crippen LogP) is 2.91. The van der Waals surface area contributed by atoms with Gasteiger partial charge >= 0.3 is 6.03 Å². The van der Waals surface area contributed by atoms with Crippen LogP contribution in [0.1, 0.15) is 30.3 Å². The molecule has 0 aliphatic carbocycles. The van der Waals surface area contributed by atoms with Gasteiger partial charge in [0.15, 0.2) is 5.82 Å². The highest BCUT2D eigenvalue weighted by Crippen LogP contribution is 2.30. The molecule has 7 nitrogen and oxygen atoms in total. The van der Waals surface area contributed by atoms with Crippen LogP contribution in [-0.4, -0.2) is 37.6 Å². The Balaban J connectivity index is 1.45. The molecule has 1 fully saturated rings. The van der Waals surface area contributed by atoms with Gasteiger partial charge < -0.3 is 10.2 Å². The Labute approximate surface area is 151 Å². The molecule has 1 aliphatic rings. The molecular formula is C19H20N6O. The minimum Gasteiger partial charge on any atom is -0.334 e. The van der Waals surface area contributed by atoms with E-state index in [-0.39, 0.29) is 12.1 Å². The zero-order chi connectivity index (χ0) is 17.8. The predicted molar refractivity (Wildman–Crippen MR) is 97.0 cm³/mol. The quantitative estimate of drug-likeness (QED) is 0.759. The molecule has 4 rings (SSSR count). The number of H-pyrrole nitrogens is 1. The molecular weight excluding hydrogens is 328 g/mol. The minimum atomic E-state index is -0.0799. The first-order valence-corrected chi connectivity index (χ1v) is 8.72. The van der Waals surface area contributed by atoms with Crippen LogP contribution in [0.3, 0.4) is 0 Å². The summed E-state index contributed by atoms with van der Waals surface area (Å²) < 4.78 is 0. The number of hydrogen-bond donors (Lipinski definition) is 2. The summed E-state index contributed by atoms with van der Waals surface area (Å²) in [5.41, 5.74) is 1.93. The van der Waals surface area contributed by atoms with Crippen LogP contribution in [0.5, 0.6) is 0 Å². The number of nitrogens with one attached hydrogen (secondary N) is 2. The second-order valence-corrected chi connectivity index (χ2v) is 6.28. The highest BCUT2D eigenvalue weighted by Gasteiger charge is 2.32. The van der Waals surface area contributed by atoms with Gasteiger partial charge in [-0.3, -0.25) is 10.1 Å². The summed E-state index contributed by atoms with van der Waals surface area (Å²) in [5, 5.41) is 10.3. The maximum atomic E-state index is 12.6. The first-order chi connectivity index (χ1) is 12.8. The van der Waals surface area contributed by atoms with Crippen LogP contribution in [0.15, 0.2) is 54.9 Å². The van der Waals surface area contributed by atoms with Crippen LogP contribution < -0.4 is 5.32 Å². The van der Waals surface area contributed by atoms with Crippen molar-refractivity contribution in [1.82, 2.24) is 30.4 Å². The van der Waals surface area contributed by atoms with Crippen LogP contribution in [0.2, 0.25) is 0 Å². The summed E-state index contributed by atoms with van der Waals surface area (Å²) in [4.78, 5) is 23.1. The molecule has 0 unspecified atom stereocenters. The zero-order valence-corrected chi connectivity index (χ0v) is 14.3. The Morgan fingerprint density at radius 2 is 2.12 bits per heavy atom. The van der Waals surface area contributed by atoms with E-state index in [9.17, 15) is 4.79 Å². The fourth-order valence-corrected chi connectivity index (χ4v) is 3.22. The number of rotatable bonds is 4. The molecule has 0 radical (unpaired) electrons. The second kappa shape index (κ2) is 7.35. The normalized spacial score (nSPS) is 16.6. The molecule has 0 spiro atoms. The highest BCUT2D eigenvalue weighted by atomic mass is 16.2. The molecule has 3 aromatic rings. The summed E-state index contributed by atoms with van der Waals surface area (Å²) in [6, 6.07) is 13.5. The van der Waals surface area contributed by atoms with E-state index in [2.05, 4.69) is 25.5 Å². The lowest BCUT2D eigenvalue weighted by Gasteiger charge is -2.23. The number of urea groups is 1. The number of amides is 2. The molecule has 2 aromatic heterocycles. The Hall–Kier alpha value is -3.22. The van der Waals surface area contributed by atoms with E-state index in [1.54, 1.807) is 12.4 Å². The Bertz CT molecular complexity index is 864. The van der Waals surface area contributed by atoms with Gasteiger partial charge in [0, 0.05) is 31.0 Å². The molecule has 132 valence electrons. The van der Waals surface area contributed by atoms with E-state index < -0.39 is 0 Å². The standard InChI is InChI=1S/C19H20N6O/c26-19(21-12-14-6-2-1-3-7-14)25-11-5-9-16(25)18-22-17(23-24-18)15-8-4-10-20-13-15/h1-4,6-8,10,13,16H,5,9,11-12H2,(H,21,26)(H,22,23,24)/t16-/m0/s1. The van der Waals surface area contributed by atoms with Crippen molar-refractivity contribution >= 4 is 6.03 Å². The number of likely N-dealkylation sites (tertiary alicyclic amines) is 1. The van der Waals surface area contributed by atoms with Gasteiger partial charge in [0.2, 0.25) is 0 Å². The number of carbonyl (C=O) groups is 1. The topological polar surface area (TPSA) is 86.8 Å². The van der Waals surface area contributed by atoms with Gasteiger partial charge in [-0.2, -0.15) is 5.10 Å². The van der Waals surface area contributed by atoms with E-state index >= 15 is 0 Å². The number of hydrogen-bond acceptors (Lipinski definition) is 4. The molecule has 2 amide bonds. The summed E-state index contributed by atoms with van der Waals surface area (Å²) >= 11 is 0. The van der Waals surface area contributed by atoms with Crippen LogP contribution in [-0.2, 0) is 6.54 Å². The average Bonchev–Trinajstić information content (AvgIpc) is 3.37. The van der Waals surface area contributed by atoms with E-state index in [0.717, 1.165) is 29.8 Å². The summed E-state index contributed by atoms with van der Waals surface area (Å²) in [6.07, 6.45) is 5.27. The van der Waals surface area contributed by atoms with Gasteiger partial charge in [0.05, 0.1) is 6.04 Å². The molecule has 3 heterocycles. The monoisotopic (exact) mass is 348 g/mol. The van der Waals surface area contributed by atoms with Gasteiger partial charge in [-0.15, -0.1) is 0 Å². The highest BCUT2D eigenvalue weighted by molar-refractivity contribution is 5.75. The third kappa shape index (κ3) is 3.42. The number of nitrogens with zero attached hydrogens (tertiary/aromatic N) is 4. The molecule has 26 heavy (non-hydrogen) atoms. The second-order valence-electron chi connectivity index (χ2n) is 6.28. The number of aromatic nitrogens is 4. The van der Waals surface area contributed by atoms with E-state index in [4.69, 9.17) is 0 Å². The Morgan fingerprint density at radius 3 is 2.92 bits per heavy atom. The van der Waals surface area contributed by atoms with E-state index in [1.807, 2.05) is 47.4 Å². The number of carbonyl (C=O) groups excluding carboxylic acids is 1. The molecule has 2 N–H and O–H groups in total. The zero-order valence-electron chi connectivity index (χ0n) is 14.3. The molecule has 0 saturated carbocycles. The van der Waals surface area contributed by atoms with Crippen LogP contribution in [0.4, 0.5) is 4.79 Å². The maximum Gasteiger partial charge on any atom is 0.318 e. The Kier molecular flexibility index (Phi) is 4.59. The van der Waals surface area contributed by atoms with E-state index in [1.165, 1.54) is 0 Å². The largest absolute Gasteiger partial charge is 0.334 e. The van der Waals surface area contributed by atoms with E-state index in [0.29, 0.717) is 18.9 Å². The van der Waals surface area contributed by atoms with Crippen LogP contribution in [0, 0.1) is 0 Å². The van der Waals surface area contributed by atoms with Crippen molar-refractivity contribution in [3.8, 4) is 11.4 Å². The van der Waals surface area contributed by atoms with Crippen molar-refractivity contribution < 1.29 is 4.79 Å². The fourth-order valence-electron chi connectivity index (χ4n) is 3.22. The van der Waals surface area contributed by atoms with Crippen molar-refractivity contribution in [3.63, 3.8) is 0 Å². The smallest absolute Gasteiger partial charge is 0.318 e. The van der Waals surface area contributed by atoms with Crippen molar-refractivity contribution in [1.29, 1.82) is 0 Å².